The molecular formula is C12H15N5O3. The molecule has 0 saturated carbocycles. The van der Waals surface area contributed by atoms with E-state index in [1.54, 1.807) is 16.9 Å². The Kier molecular flexibility index (Phi) is 3.83. The normalized spacial score (nSPS) is 10.5. The predicted molar refractivity (Wildman–Crippen MR) is 69.2 cm³/mol. The number of rotatable bonds is 5. The van der Waals surface area contributed by atoms with Gasteiger partial charge in [0.15, 0.2) is 5.69 Å². The third kappa shape index (κ3) is 2.53. The number of hydrogen-bond acceptors (Lipinski definition) is 4. The molecule has 8 heteroatoms. The highest BCUT2D eigenvalue weighted by molar-refractivity contribution is 6.03. The molecule has 0 bridgehead atoms. The molecular weight excluding hydrogens is 262 g/mol. The molecule has 1 amide bonds. The van der Waals surface area contributed by atoms with Crippen LogP contribution in [0.4, 0.5) is 0 Å². The van der Waals surface area contributed by atoms with Gasteiger partial charge < -0.3 is 10.4 Å². The van der Waals surface area contributed by atoms with Gasteiger partial charge in [-0.05, 0) is 13.0 Å². The van der Waals surface area contributed by atoms with E-state index >= 15 is 0 Å². The van der Waals surface area contributed by atoms with E-state index in [2.05, 4.69) is 15.5 Å². The summed E-state index contributed by atoms with van der Waals surface area (Å²) in [6.45, 7) is 2.92. The molecule has 0 aliphatic heterocycles. The number of amides is 1. The number of nitrogens with zero attached hydrogens (tertiary/aromatic N) is 4. The second-order valence-electron chi connectivity index (χ2n) is 4.16. The van der Waals surface area contributed by atoms with Crippen LogP contribution < -0.4 is 5.32 Å². The first-order chi connectivity index (χ1) is 9.54. The highest BCUT2D eigenvalue weighted by Crippen LogP contribution is 2.08. The number of hydrogen-bond donors (Lipinski definition) is 2. The van der Waals surface area contributed by atoms with Crippen LogP contribution in [0, 0.1) is 0 Å². The average molecular weight is 277 g/mol. The topological polar surface area (TPSA) is 102 Å². The summed E-state index contributed by atoms with van der Waals surface area (Å²) in [5.41, 5.74) is 0.760. The number of carboxylic acids is 1. The van der Waals surface area contributed by atoms with E-state index in [9.17, 15) is 9.59 Å². The monoisotopic (exact) mass is 277 g/mol. The lowest BCUT2D eigenvalue weighted by Crippen LogP contribution is -2.26. The fourth-order valence-corrected chi connectivity index (χ4v) is 1.92. The van der Waals surface area contributed by atoms with Gasteiger partial charge in [0.1, 0.15) is 0 Å². The van der Waals surface area contributed by atoms with Crippen LogP contribution in [0.15, 0.2) is 18.5 Å². The Bertz CT molecular complexity index is 643. The summed E-state index contributed by atoms with van der Waals surface area (Å²) in [5, 5.41) is 19.6. The van der Waals surface area contributed by atoms with E-state index < -0.39 is 11.9 Å². The minimum atomic E-state index is -1.19. The van der Waals surface area contributed by atoms with Crippen LogP contribution in [0.1, 0.15) is 33.5 Å². The van der Waals surface area contributed by atoms with Crippen LogP contribution >= 0.6 is 0 Å². The maximum absolute atomic E-state index is 12.0. The van der Waals surface area contributed by atoms with Gasteiger partial charge in [-0.25, -0.2) is 4.79 Å². The maximum Gasteiger partial charge on any atom is 0.354 e. The second kappa shape index (κ2) is 5.55. The molecule has 0 aromatic carbocycles. The third-order valence-corrected chi connectivity index (χ3v) is 2.92. The SMILES string of the molecule is CCn1nccc1CNC(=O)c1cnn(C)c1C(=O)O. The molecule has 0 saturated heterocycles. The maximum atomic E-state index is 12.0. The van der Waals surface area contributed by atoms with Gasteiger partial charge in [0.05, 0.1) is 24.0 Å². The zero-order valence-corrected chi connectivity index (χ0v) is 11.2. The van der Waals surface area contributed by atoms with Crippen molar-refractivity contribution in [3.8, 4) is 0 Å². The Labute approximate surface area is 115 Å². The Morgan fingerprint density at radius 3 is 2.80 bits per heavy atom. The van der Waals surface area contributed by atoms with Crippen molar-refractivity contribution in [3.63, 3.8) is 0 Å². The number of nitrogens with one attached hydrogen (secondary N) is 1. The molecule has 0 atom stereocenters. The lowest BCUT2D eigenvalue weighted by atomic mass is 10.2. The first-order valence-electron chi connectivity index (χ1n) is 6.08. The summed E-state index contributed by atoms with van der Waals surface area (Å²) in [7, 11) is 1.48. The van der Waals surface area contributed by atoms with Crippen LogP contribution in [-0.2, 0) is 20.1 Å². The van der Waals surface area contributed by atoms with Gasteiger partial charge in [-0.3, -0.25) is 14.2 Å². The Morgan fingerprint density at radius 2 is 2.15 bits per heavy atom. The molecule has 8 nitrogen and oxygen atoms in total. The first kappa shape index (κ1) is 13.8. The van der Waals surface area contributed by atoms with Crippen LogP contribution in [0.25, 0.3) is 0 Å². The van der Waals surface area contributed by atoms with Crippen molar-refractivity contribution in [2.24, 2.45) is 7.05 Å². The Hall–Kier alpha value is -2.64. The molecule has 106 valence electrons. The van der Waals surface area contributed by atoms with Gasteiger partial charge in [-0.2, -0.15) is 10.2 Å². The summed E-state index contributed by atoms with van der Waals surface area (Å²) < 4.78 is 2.91. The lowest BCUT2D eigenvalue weighted by molar-refractivity contribution is 0.0679. The number of carbonyl (C=O) groups is 2. The molecule has 0 aliphatic rings. The summed E-state index contributed by atoms with van der Waals surface area (Å²) >= 11 is 0. The van der Waals surface area contributed by atoms with Gasteiger partial charge >= 0.3 is 5.97 Å². The van der Waals surface area contributed by atoms with E-state index in [1.165, 1.54) is 13.2 Å². The number of aryl methyl sites for hydroxylation is 2. The Morgan fingerprint density at radius 1 is 1.40 bits per heavy atom. The van der Waals surface area contributed by atoms with Crippen LogP contribution in [-0.4, -0.2) is 36.5 Å². The lowest BCUT2D eigenvalue weighted by Gasteiger charge is -2.06. The number of carboxylic acid groups (broad SMARTS) is 1. The summed E-state index contributed by atoms with van der Waals surface area (Å²) in [5.74, 6) is -1.66. The van der Waals surface area contributed by atoms with Crippen LogP contribution in [0.5, 0.6) is 0 Å². The van der Waals surface area contributed by atoms with Crippen molar-refractivity contribution in [2.75, 3.05) is 0 Å². The highest BCUT2D eigenvalue weighted by Gasteiger charge is 2.21. The van der Waals surface area contributed by atoms with E-state index in [-0.39, 0.29) is 17.8 Å². The zero-order valence-electron chi connectivity index (χ0n) is 11.2. The molecule has 0 fully saturated rings. The molecule has 2 aromatic rings. The van der Waals surface area contributed by atoms with Crippen molar-refractivity contribution in [1.82, 2.24) is 24.9 Å². The van der Waals surface area contributed by atoms with Crippen molar-refractivity contribution < 1.29 is 14.7 Å². The summed E-state index contributed by atoms with van der Waals surface area (Å²) in [6.07, 6.45) is 2.90. The van der Waals surface area contributed by atoms with Gasteiger partial charge in [0.25, 0.3) is 5.91 Å². The third-order valence-electron chi connectivity index (χ3n) is 2.92. The van der Waals surface area contributed by atoms with Gasteiger partial charge in [-0.15, -0.1) is 0 Å². The number of aromatic nitrogens is 4. The molecule has 0 unspecified atom stereocenters. The smallest absolute Gasteiger partial charge is 0.354 e. The van der Waals surface area contributed by atoms with Gasteiger partial charge in [0, 0.05) is 19.8 Å². The fraction of sp³-hybridized carbons (Fsp3) is 0.333. The first-order valence-corrected chi connectivity index (χ1v) is 6.08. The van der Waals surface area contributed by atoms with Crippen molar-refractivity contribution in [2.45, 2.75) is 20.0 Å². The van der Waals surface area contributed by atoms with Crippen molar-refractivity contribution >= 4 is 11.9 Å². The van der Waals surface area contributed by atoms with E-state index in [0.717, 1.165) is 10.4 Å². The average Bonchev–Trinajstić information content (AvgIpc) is 3.01. The van der Waals surface area contributed by atoms with Crippen LogP contribution in [0.3, 0.4) is 0 Å². The number of carbonyl (C=O) groups excluding carboxylic acids is 1. The van der Waals surface area contributed by atoms with E-state index in [0.29, 0.717) is 6.54 Å². The number of aromatic carboxylic acids is 1. The molecule has 0 radical (unpaired) electrons. The van der Waals surface area contributed by atoms with Gasteiger partial charge in [0.2, 0.25) is 0 Å². The second-order valence-corrected chi connectivity index (χ2v) is 4.16. The summed E-state index contributed by atoms with van der Waals surface area (Å²) in [6, 6.07) is 1.80. The van der Waals surface area contributed by atoms with Crippen LogP contribution in [0.2, 0.25) is 0 Å². The zero-order chi connectivity index (χ0) is 14.7. The van der Waals surface area contributed by atoms with Crippen molar-refractivity contribution in [1.29, 1.82) is 0 Å². The van der Waals surface area contributed by atoms with Crippen molar-refractivity contribution in [3.05, 3.63) is 35.4 Å². The minimum Gasteiger partial charge on any atom is -0.477 e. The highest BCUT2D eigenvalue weighted by atomic mass is 16.4. The van der Waals surface area contributed by atoms with Gasteiger partial charge in [-0.1, -0.05) is 0 Å². The molecule has 2 N–H and O–H groups in total. The quantitative estimate of drug-likeness (QED) is 0.816. The minimum absolute atomic E-state index is 0.0440. The van der Waals surface area contributed by atoms with E-state index in [1.807, 2.05) is 6.92 Å². The predicted octanol–water partition coefficient (Wildman–Crippen LogP) is 0.265. The molecule has 2 rings (SSSR count). The van der Waals surface area contributed by atoms with E-state index in [4.69, 9.17) is 5.11 Å². The molecule has 0 aliphatic carbocycles. The molecule has 0 spiro atoms. The molecule has 20 heavy (non-hydrogen) atoms. The molecule has 2 aromatic heterocycles. The fourth-order valence-electron chi connectivity index (χ4n) is 1.92. The largest absolute Gasteiger partial charge is 0.477 e. The standard InChI is InChI=1S/C12H15N5O3/c1-3-17-8(4-5-14-17)6-13-11(18)9-7-15-16(2)10(9)12(19)20/h4-5,7H,3,6H2,1-2H3,(H,13,18)(H,19,20). The molecule has 2 heterocycles. The summed E-state index contributed by atoms with van der Waals surface area (Å²) in [4.78, 5) is 23.1. The Balaban J connectivity index is 2.11.